The lowest BCUT2D eigenvalue weighted by Gasteiger charge is -2.17. The number of urea groups is 1. The number of aromatic nitrogens is 1. The molecule has 1 fully saturated rings. The van der Waals surface area contributed by atoms with Crippen molar-refractivity contribution in [3.63, 3.8) is 0 Å². The molecule has 0 atom stereocenters. The number of hydrogen-bond acceptors (Lipinski definition) is 3. The summed E-state index contributed by atoms with van der Waals surface area (Å²) in [6.45, 7) is 1.30. The van der Waals surface area contributed by atoms with Gasteiger partial charge in [-0.3, -0.25) is 0 Å². The van der Waals surface area contributed by atoms with Crippen molar-refractivity contribution in [2.24, 2.45) is 0 Å². The Bertz CT molecular complexity index is 699. The van der Waals surface area contributed by atoms with Crippen molar-refractivity contribution >= 4 is 11.7 Å². The lowest BCUT2D eigenvalue weighted by molar-refractivity contribution is 0.201. The molecule has 5 heteroatoms. The van der Waals surface area contributed by atoms with Crippen molar-refractivity contribution in [3.8, 4) is 5.88 Å². The fraction of sp³-hybridized carbons (Fsp3) is 0.368. The summed E-state index contributed by atoms with van der Waals surface area (Å²) in [4.78, 5) is 18.5. The molecule has 4 rings (SSSR count). The molecule has 24 heavy (non-hydrogen) atoms. The molecule has 2 amide bonds. The molecule has 0 bridgehead atoms. The Morgan fingerprint density at radius 3 is 2.42 bits per heavy atom. The molecule has 1 aliphatic carbocycles. The molecule has 1 aliphatic heterocycles. The molecule has 0 radical (unpaired) electrons. The maximum Gasteiger partial charge on any atom is 0.322 e. The maximum absolute atomic E-state index is 12.4. The molecule has 2 heterocycles. The van der Waals surface area contributed by atoms with Crippen LogP contribution in [0.3, 0.4) is 0 Å². The predicted molar refractivity (Wildman–Crippen MR) is 91.8 cm³/mol. The summed E-state index contributed by atoms with van der Waals surface area (Å²) in [5, 5.41) is 2.91. The van der Waals surface area contributed by atoms with Crippen LogP contribution in [0.25, 0.3) is 0 Å². The molecule has 2 aromatic rings. The van der Waals surface area contributed by atoms with Crippen LogP contribution in [0.2, 0.25) is 0 Å². The van der Waals surface area contributed by atoms with Crippen molar-refractivity contribution in [1.82, 2.24) is 9.88 Å². The number of carbonyl (C=O) groups is 1. The van der Waals surface area contributed by atoms with Gasteiger partial charge in [0.1, 0.15) is 6.10 Å². The molecular formula is C19H21N3O2. The predicted octanol–water partition coefficient (Wildman–Crippen LogP) is 3.95. The van der Waals surface area contributed by atoms with Gasteiger partial charge in [-0.1, -0.05) is 24.3 Å². The highest BCUT2D eigenvalue weighted by Gasteiger charge is 2.23. The first-order valence-electron chi connectivity index (χ1n) is 8.53. The quantitative estimate of drug-likeness (QED) is 0.930. The van der Waals surface area contributed by atoms with Gasteiger partial charge in [0.25, 0.3) is 0 Å². The average Bonchev–Trinajstić information content (AvgIpc) is 3.25. The first-order valence-corrected chi connectivity index (χ1v) is 8.53. The summed E-state index contributed by atoms with van der Waals surface area (Å²) >= 11 is 0. The van der Waals surface area contributed by atoms with E-state index >= 15 is 0 Å². The molecule has 124 valence electrons. The van der Waals surface area contributed by atoms with Crippen LogP contribution in [0.4, 0.5) is 10.5 Å². The second-order valence-electron chi connectivity index (χ2n) is 6.46. The zero-order chi connectivity index (χ0) is 16.4. The number of benzene rings is 1. The Hall–Kier alpha value is -2.56. The third-order valence-electron chi connectivity index (χ3n) is 4.71. The number of hydrogen-bond donors (Lipinski definition) is 1. The van der Waals surface area contributed by atoms with E-state index in [1.165, 1.54) is 24.0 Å². The van der Waals surface area contributed by atoms with Crippen molar-refractivity contribution in [2.45, 2.75) is 44.9 Å². The molecule has 0 unspecified atom stereocenters. The van der Waals surface area contributed by atoms with Crippen LogP contribution in [-0.2, 0) is 13.1 Å². The van der Waals surface area contributed by atoms with E-state index in [0.29, 0.717) is 30.8 Å². The Balaban J connectivity index is 1.34. The first kappa shape index (κ1) is 15.0. The molecule has 0 saturated heterocycles. The van der Waals surface area contributed by atoms with Crippen molar-refractivity contribution in [2.75, 3.05) is 5.32 Å². The molecule has 1 aromatic carbocycles. The van der Waals surface area contributed by atoms with Gasteiger partial charge in [-0.15, -0.1) is 0 Å². The van der Waals surface area contributed by atoms with Gasteiger partial charge >= 0.3 is 6.03 Å². The SMILES string of the molecule is O=C(Nc1ccc(OC2CCCC2)nc1)N1Cc2ccccc2C1. The van der Waals surface area contributed by atoms with Gasteiger partial charge in [0.2, 0.25) is 5.88 Å². The van der Waals surface area contributed by atoms with Gasteiger partial charge in [-0.25, -0.2) is 9.78 Å². The zero-order valence-electron chi connectivity index (χ0n) is 13.6. The van der Waals surface area contributed by atoms with Crippen molar-refractivity contribution < 1.29 is 9.53 Å². The number of carbonyl (C=O) groups excluding carboxylic acids is 1. The number of fused-ring (bicyclic) bond motifs is 1. The van der Waals surface area contributed by atoms with E-state index in [9.17, 15) is 4.79 Å². The Morgan fingerprint density at radius 2 is 1.79 bits per heavy atom. The van der Waals surface area contributed by atoms with Gasteiger partial charge in [-0.05, 0) is 42.9 Å². The lowest BCUT2D eigenvalue weighted by atomic mass is 10.1. The van der Waals surface area contributed by atoms with E-state index in [1.807, 2.05) is 24.3 Å². The monoisotopic (exact) mass is 323 g/mol. The van der Waals surface area contributed by atoms with E-state index in [4.69, 9.17) is 4.74 Å². The minimum Gasteiger partial charge on any atom is -0.474 e. The molecule has 1 aromatic heterocycles. The van der Waals surface area contributed by atoms with Crippen LogP contribution in [0.5, 0.6) is 5.88 Å². The summed E-state index contributed by atoms with van der Waals surface area (Å²) < 4.78 is 5.84. The summed E-state index contributed by atoms with van der Waals surface area (Å²) in [6, 6.07) is 11.7. The minimum atomic E-state index is -0.0996. The van der Waals surface area contributed by atoms with Crippen LogP contribution in [0.1, 0.15) is 36.8 Å². The number of rotatable bonds is 3. The normalized spacial score (nSPS) is 16.9. The van der Waals surface area contributed by atoms with E-state index in [2.05, 4.69) is 22.4 Å². The maximum atomic E-state index is 12.4. The third-order valence-corrected chi connectivity index (χ3v) is 4.71. The van der Waals surface area contributed by atoms with Crippen LogP contribution >= 0.6 is 0 Å². The number of amides is 2. The molecular weight excluding hydrogens is 302 g/mol. The van der Waals surface area contributed by atoms with E-state index in [-0.39, 0.29) is 6.03 Å². The number of pyridine rings is 1. The van der Waals surface area contributed by atoms with Gasteiger partial charge in [-0.2, -0.15) is 0 Å². The van der Waals surface area contributed by atoms with Gasteiger partial charge in [0.05, 0.1) is 11.9 Å². The Morgan fingerprint density at radius 1 is 1.08 bits per heavy atom. The minimum absolute atomic E-state index is 0.0996. The molecule has 1 saturated carbocycles. The molecule has 5 nitrogen and oxygen atoms in total. The summed E-state index contributed by atoms with van der Waals surface area (Å²) in [7, 11) is 0. The summed E-state index contributed by atoms with van der Waals surface area (Å²) in [6.07, 6.45) is 6.63. The highest BCUT2D eigenvalue weighted by atomic mass is 16.5. The fourth-order valence-electron chi connectivity index (χ4n) is 3.38. The van der Waals surface area contributed by atoms with Gasteiger partial charge in [0.15, 0.2) is 0 Å². The third kappa shape index (κ3) is 3.20. The number of nitrogens with zero attached hydrogens (tertiary/aromatic N) is 2. The fourth-order valence-corrected chi connectivity index (χ4v) is 3.38. The Labute approximate surface area is 141 Å². The van der Waals surface area contributed by atoms with E-state index < -0.39 is 0 Å². The van der Waals surface area contributed by atoms with Crippen molar-refractivity contribution in [1.29, 1.82) is 0 Å². The highest BCUT2D eigenvalue weighted by Crippen LogP contribution is 2.25. The summed E-state index contributed by atoms with van der Waals surface area (Å²) in [5.41, 5.74) is 3.12. The molecule has 1 N–H and O–H groups in total. The highest BCUT2D eigenvalue weighted by molar-refractivity contribution is 5.89. The van der Waals surface area contributed by atoms with Crippen LogP contribution in [0.15, 0.2) is 42.6 Å². The number of anilines is 1. The van der Waals surface area contributed by atoms with E-state index in [1.54, 1.807) is 11.1 Å². The second-order valence-corrected chi connectivity index (χ2v) is 6.46. The van der Waals surface area contributed by atoms with Crippen LogP contribution < -0.4 is 10.1 Å². The Kier molecular flexibility index (Phi) is 4.07. The van der Waals surface area contributed by atoms with Gasteiger partial charge in [0, 0.05) is 19.2 Å². The number of ether oxygens (including phenoxy) is 1. The van der Waals surface area contributed by atoms with Crippen molar-refractivity contribution in [3.05, 3.63) is 53.7 Å². The first-order chi connectivity index (χ1) is 11.8. The zero-order valence-corrected chi connectivity index (χ0v) is 13.6. The summed E-state index contributed by atoms with van der Waals surface area (Å²) in [5.74, 6) is 0.633. The van der Waals surface area contributed by atoms with Crippen LogP contribution in [-0.4, -0.2) is 22.0 Å². The van der Waals surface area contributed by atoms with Crippen LogP contribution in [0, 0.1) is 0 Å². The van der Waals surface area contributed by atoms with E-state index in [0.717, 1.165) is 12.8 Å². The standard InChI is InChI=1S/C19H21N3O2/c23-19(22-12-14-5-1-2-6-15(14)13-22)21-16-9-10-18(20-11-16)24-17-7-3-4-8-17/h1-2,5-6,9-11,17H,3-4,7-8,12-13H2,(H,21,23). The second kappa shape index (κ2) is 6.51. The van der Waals surface area contributed by atoms with Gasteiger partial charge < -0.3 is 15.0 Å². The average molecular weight is 323 g/mol. The smallest absolute Gasteiger partial charge is 0.322 e. The topological polar surface area (TPSA) is 54.5 Å². The largest absolute Gasteiger partial charge is 0.474 e. The molecule has 0 spiro atoms. The molecule has 2 aliphatic rings. The number of nitrogens with one attached hydrogen (secondary N) is 1. The lowest BCUT2D eigenvalue weighted by Crippen LogP contribution is -2.30.